The Morgan fingerprint density at radius 1 is 0.944 bits per heavy atom. The van der Waals surface area contributed by atoms with Crippen LogP contribution in [0.15, 0.2) is 67.0 Å². The smallest absolute Gasteiger partial charge is 0.254 e. The fourth-order valence-corrected chi connectivity index (χ4v) is 3.90. The lowest BCUT2D eigenvalue weighted by Gasteiger charge is -2.34. The number of benzene rings is 2. The number of halogens is 1. The van der Waals surface area contributed by atoms with Crippen LogP contribution in [0.5, 0.6) is 11.5 Å². The Morgan fingerprint density at radius 3 is 2.36 bits per heavy atom. The normalized spacial score (nSPS) is 13.8. The van der Waals surface area contributed by atoms with Crippen LogP contribution in [0.3, 0.4) is 0 Å². The van der Waals surface area contributed by atoms with E-state index in [1.807, 2.05) is 24.0 Å². The van der Waals surface area contributed by atoms with Crippen molar-refractivity contribution in [3.8, 4) is 11.5 Å². The van der Waals surface area contributed by atoms with Gasteiger partial charge in [0.25, 0.3) is 5.91 Å². The van der Waals surface area contributed by atoms with Gasteiger partial charge in [-0.2, -0.15) is 0 Å². The van der Waals surface area contributed by atoms with Gasteiger partial charge in [-0.1, -0.05) is 0 Å². The molecule has 2 aromatic carbocycles. The Hall–Kier alpha value is -3.98. The maximum absolute atomic E-state index is 13.1. The van der Waals surface area contributed by atoms with Crippen molar-refractivity contribution in [2.45, 2.75) is 13.5 Å². The van der Waals surface area contributed by atoms with Gasteiger partial charge in [-0.25, -0.2) is 4.39 Å². The molecule has 4 rings (SSSR count). The van der Waals surface area contributed by atoms with E-state index in [1.165, 1.54) is 24.3 Å². The zero-order chi connectivity index (χ0) is 25.3. The van der Waals surface area contributed by atoms with Gasteiger partial charge in [-0.15, -0.1) is 0 Å². The first-order valence-corrected chi connectivity index (χ1v) is 11.9. The molecule has 0 aliphatic carbocycles. The minimum Gasteiger partial charge on any atom is -0.490 e. The molecule has 0 unspecified atom stereocenters. The van der Waals surface area contributed by atoms with E-state index >= 15 is 0 Å². The minimum absolute atomic E-state index is 0.0907. The number of hydrogen-bond donors (Lipinski definition) is 1. The molecule has 0 spiro atoms. The molecule has 1 aliphatic heterocycles. The number of anilines is 1. The van der Waals surface area contributed by atoms with Crippen molar-refractivity contribution < 1.29 is 23.5 Å². The third-order valence-electron chi connectivity index (χ3n) is 5.79. The van der Waals surface area contributed by atoms with Gasteiger partial charge in [0.2, 0.25) is 5.91 Å². The lowest BCUT2D eigenvalue weighted by Crippen LogP contribution is -2.50. The third-order valence-corrected chi connectivity index (χ3v) is 5.79. The average Bonchev–Trinajstić information content (AvgIpc) is 2.90. The SMILES string of the molecule is CCOc1cc(C(=O)N2CCN(CC(=O)Nc3ccc(F)cc3)CC2)ccc1OCc1ccncc1. The summed E-state index contributed by atoms with van der Waals surface area (Å²) in [6.45, 7) is 5.07. The topological polar surface area (TPSA) is 84.0 Å². The quantitative estimate of drug-likeness (QED) is 0.492. The first-order chi connectivity index (χ1) is 17.5. The molecule has 9 heteroatoms. The van der Waals surface area contributed by atoms with Crippen molar-refractivity contribution in [1.29, 1.82) is 0 Å². The summed E-state index contributed by atoms with van der Waals surface area (Å²) in [5.74, 6) is 0.474. The third kappa shape index (κ3) is 6.79. The number of piperazine rings is 1. The summed E-state index contributed by atoms with van der Waals surface area (Å²) >= 11 is 0. The molecule has 1 saturated heterocycles. The highest BCUT2D eigenvalue weighted by Gasteiger charge is 2.24. The lowest BCUT2D eigenvalue weighted by atomic mass is 10.1. The lowest BCUT2D eigenvalue weighted by molar-refractivity contribution is -0.117. The molecule has 3 aromatic rings. The Bertz CT molecular complexity index is 1170. The zero-order valence-electron chi connectivity index (χ0n) is 20.2. The predicted octanol–water partition coefficient (Wildman–Crippen LogP) is 3.59. The first kappa shape index (κ1) is 25.1. The molecule has 188 valence electrons. The molecule has 1 N–H and O–H groups in total. The van der Waals surface area contributed by atoms with E-state index in [0.717, 1.165) is 5.56 Å². The molecule has 0 saturated carbocycles. The van der Waals surface area contributed by atoms with E-state index in [4.69, 9.17) is 9.47 Å². The van der Waals surface area contributed by atoms with Crippen molar-refractivity contribution in [2.75, 3.05) is 44.6 Å². The van der Waals surface area contributed by atoms with E-state index in [1.54, 1.807) is 35.5 Å². The number of aromatic nitrogens is 1. The Balaban J connectivity index is 1.30. The molecular formula is C27H29FN4O4. The number of carbonyl (C=O) groups excluding carboxylic acids is 2. The second-order valence-electron chi connectivity index (χ2n) is 8.36. The molecule has 0 atom stereocenters. The molecule has 1 aromatic heterocycles. The van der Waals surface area contributed by atoms with Crippen LogP contribution in [0, 0.1) is 5.82 Å². The van der Waals surface area contributed by atoms with Gasteiger partial charge in [-0.3, -0.25) is 19.5 Å². The molecule has 2 amide bonds. The number of rotatable bonds is 9. The maximum Gasteiger partial charge on any atom is 0.254 e. The summed E-state index contributed by atoms with van der Waals surface area (Å²) in [6, 6.07) is 14.6. The fourth-order valence-electron chi connectivity index (χ4n) is 3.90. The summed E-state index contributed by atoms with van der Waals surface area (Å²) in [4.78, 5) is 33.2. The highest BCUT2D eigenvalue weighted by molar-refractivity contribution is 5.95. The number of hydrogen-bond acceptors (Lipinski definition) is 6. The summed E-state index contributed by atoms with van der Waals surface area (Å²) < 4.78 is 24.7. The number of amides is 2. The number of pyridine rings is 1. The Morgan fingerprint density at radius 2 is 1.67 bits per heavy atom. The summed E-state index contributed by atoms with van der Waals surface area (Å²) in [5, 5.41) is 2.76. The average molecular weight is 493 g/mol. The van der Waals surface area contributed by atoms with E-state index in [-0.39, 0.29) is 24.2 Å². The highest BCUT2D eigenvalue weighted by Crippen LogP contribution is 2.30. The van der Waals surface area contributed by atoms with Crippen molar-refractivity contribution in [3.05, 3.63) is 83.9 Å². The van der Waals surface area contributed by atoms with Crippen molar-refractivity contribution in [2.24, 2.45) is 0 Å². The first-order valence-electron chi connectivity index (χ1n) is 11.9. The van der Waals surface area contributed by atoms with Gasteiger partial charge < -0.3 is 19.7 Å². The largest absolute Gasteiger partial charge is 0.490 e. The molecule has 0 radical (unpaired) electrons. The van der Waals surface area contributed by atoms with Crippen LogP contribution >= 0.6 is 0 Å². The van der Waals surface area contributed by atoms with E-state index in [9.17, 15) is 14.0 Å². The summed E-state index contributed by atoms with van der Waals surface area (Å²) in [7, 11) is 0. The van der Waals surface area contributed by atoms with E-state index in [2.05, 4.69) is 10.3 Å². The van der Waals surface area contributed by atoms with Crippen LogP contribution < -0.4 is 14.8 Å². The molecule has 0 bridgehead atoms. The fraction of sp³-hybridized carbons (Fsp3) is 0.296. The van der Waals surface area contributed by atoms with Gasteiger partial charge >= 0.3 is 0 Å². The zero-order valence-corrected chi connectivity index (χ0v) is 20.2. The van der Waals surface area contributed by atoms with Crippen LogP contribution in [0.4, 0.5) is 10.1 Å². The molecule has 8 nitrogen and oxygen atoms in total. The summed E-state index contributed by atoms with van der Waals surface area (Å²) in [5.41, 5.74) is 2.06. The Labute approximate surface area is 209 Å². The molecule has 2 heterocycles. The predicted molar refractivity (Wildman–Crippen MR) is 134 cm³/mol. The Kier molecular flexibility index (Phi) is 8.46. The molecule has 36 heavy (non-hydrogen) atoms. The summed E-state index contributed by atoms with van der Waals surface area (Å²) in [6.07, 6.45) is 3.42. The van der Waals surface area contributed by atoms with Crippen LogP contribution in [0.2, 0.25) is 0 Å². The van der Waals surface area contributed by atoms with Crippen LogP contribution in [0.1, 0.15) is 22.8 Å². The minimum atomic E-state index is -0.353. The van der Waals surface area contributed by atoms with Gasteiger partial charge in [-0.05, 0) is 67.1 Å². The number of nitrogens with zero attached hydrogens (tertiary/aromatic N) is 3. The van der Waals surface area contributed by atoms with E-state index in [0.29, 0.717) is 62.1 Å². The van der Waals surface area contributed by atoms with Crippen LogP contribution in [-0.4, -0.2) is 65.9 Å². The standard InChI is InChI=1S/C27H29FN4O4/c1-2-35-25-17-21(3-8-24(25)36-19-20-9-11-29-12-10-20)27(34)32-15-13-31(14-16-32)18-26(33)30-23-6-4-22(28)5-7-23/h3-12,17H,2,13-16,18-19H2,1H3,(H,30,33). The number of carbonyl (C=O) groups is 2. The van der Waals surface area contributed by atoms with Gasteiger partial charge in [0.15, 0.2) is 11.5 Å². The number of nitrogens with one attached hydrogen (secondary N) is 1. The van der Waals surface area contributed by atoms with Crippen molar-refractivity contribution >= 4 is 17.5 Å². The van der Waals surface area contributed by atoms with Crippen molar-refractivity contribution in [3.63, 3.8) is 0 Å². The van der Waals surface area contributed by atoms with Gasteiger partial charge in [0.05, 0.1) is 13.2 Å². The van der Waals surface area contributed by atoms with Gasteiger partial charge in [0.1, 0.15) is 12.4 Å². The van der Waals surface area contributed by atoms with Crippen molar-refractivity contribution in [1.82, 2.24) is 14.8 Å². The van der Waals surface area contributed by atoms with Crippen LogP contribution in [0.25, 0.3) is 0 Å². The second-order valence-corrected chi connectivity index (χ2v) is 8.36. The van der Waals surface area contributed by atoms with E-state index < -0.39 is 0 Å². The highest BCUT2D eigenvalue weighted by atomic mass is 19.1. The molecule has 1 aliphatic rings. The van der Waals surface area contributed by atoms with Crippen LogP contribution in [-0.2, 0) is 11.4 Å². The maximum atomic E-state index is 13.1. The van der Waals surface area contributed by atoms with Gasteiger partial charge in [0, 0.05) is 49.8 Å². The molecular weight excluding hydrogens is 463 g/mol. The second kappa shape index (κ2) is 12.1. The molecule has 1 fully saturated rings. The monoisotopic (exact) mass is 492 g/mol. The number of ether oxygens (including phenoxy) is 2.